The summed E-state index contributed by atoms with van der Waals surface area (Å²) in [6, 6.07) is -1.35. The maximum Gasteiger partial charge on any atom is 0.312 e. The van der Waals surface area contributed by atoms with E-state index in [1.807, 2.05) is 13.2 Å². The van der Waals surface area contributed by atoms with Gasteiger partial charge in [-0.15, -0.1) is 0 Å². The van der Waals surface area contributed by atoms with Crippen molar-refractivity contribution in [2.45, 2.75) is 25.8 Å². The smallest absolute Gasteiger partial charge is 0.312 e. The number of carbonyl (C=O) groups is 2. The summed E-state index contributed by atoms with van der Waals surface area (Å²) < 4.78 is 0. The van der Waals surface area contributed by atoms with Crippen LogP contribution < -0.4 is 16.4 Å². The zero-order valence-electron chi connectivity index (χ0n) is 11.0. The Kier molecular flexibility index (Phi) is 6.20. The van der Waals surface area contributed by atoms with Gasteiger partial charge >= 0.3 is 6.03 Å². The highest BCUT2D eigenvalue weighted by Crippen LogP contribution is 2.12. The third kappa shape index (κ3) is 4.82. The number of urea groups is 1. The van der Waals surface area contributed by atoms with Crippen molar-refractivity contribution < 1.29 is 9.59 Å². The van der Waals surface area contributed by atoms with E-state index < -0.39 is 12.1 Å². The monoisotopic (exact) mass is 285 g/mol. The van der Waals surface area contributed by atoms with Crippen molar-refractivity contribution in [1.82, 2.24) is 15.5 Å². The molecule has 1 unspecified atom stereocenters. The summed E-state index contributed by atoms with van der Waals surface area (Å²) in [5, 5.41) is 11.8. The van der Waals surface area contributed by atoms with Crippen molar-refractivity contribution in [2.24, 2.45) is 5.73 Å². The summed E-state index contributed by atoms with van der Waals surface area (Å²) in [7, 11) is 0. The van der Waals surface area contributed by atoms with Crippen LogP contribution in [-0.4, -0.2) is 40.2 Å². The molecule has 1 heterocycles. The molecular weight excluding hydrogens is 266 g/mol. The Morgan fingerprint density at radius 3 is 2.89 bits per heavy atom. The van der Waals surface area contributed by atoms with E-state index in [0.717, 1.165) is 17.7 Å². The number of aromatic nitrogens is 2. The number of carbonyl (C=O) groups excluding carboxylic acids is 2. The first-order valence-electron chi connectivity index (χ1n) is 5.96. The Morgan fingerprint density at radius 2 is 2.32 bits per heavy atom. The van der Waals surface area contributed by atoms with E-state index in [0.29, 0.717) is 12.2 Å². The molecule has 0 radical (unpaired) electrons. The Labute approximate surface area is 116 Å². The lowest BCUT2D eigenvalue weighted by molar-refractivity contribution is -0.118. The molecule has 0 saturated carbocycles. The Hall–Kier alpha value is -1.70. The molecule has 1 aromatic heterocycles. The minimum absolute atomic E-state index is 0.299. The molecular formula is C11H19N5O2S. The standard InChI is InChI=1S/C11H19N5O2S/c1-3-7-6-13-16-9(7)15-10(17)8(4-5-19-2)14-11(12)18/h6,8H,3-5H2,1-2H3,(H3,12,14,18)(H2,13,15,16,17). The Balaban J connectivity index is 2.67. The molecule has 1 rings (SSSR count). The van der Waals surface area contributed by atoms with Gasteiger partial charge < -0.3 is 16.4 Å². The fourth-order valence-corrected chi connectivity index (χ4v) is 2.05. The second kappa shape index (κ2) is 7.67. The second-order valence-corrected chi connectivity index (χ2v) is 4.94. The van der Waals surface area contributed by atoms with E-state index in [2.05, 4.69) is 20.8 Å². The minimum atomic E-state index is -0.707. The van der Waals surface area contributed by atoms with Crippen molar-refractivity contribution >= 4 is 29.5 Å². The van der Waals surface area contributed by atoms with Gasteiger partial charge in [0.05, 0.1) is 6.20 Å². The van der Waals surface area contributed by atoms with Gasteiger partial charge in [-0.2, -0.15) is 16.9 Å². The summed E-state index contributed by atoms with van der Waals surface area (Å²) in [4.78, 5) is 23.0. The number of amides is 3. The average molecular weight is 285 g/mol. The van der Waals surface area contributed by atoms with Gasteiger partial charge in [-0.1, -0.05) is 6.92 Å². The van der Waals surface area contributed by atoms with Crippen molar-refractivity contribution in [3.63, 3.8) is 0 Å². The van der Waals surface area contributed by atoms with Gasteiger partial charge in [-0.3, -0.25) is 9.89 Å². The lowest BCUT2D eigenvalue weighted by Crippen LogP contribution is -2.46. The van der Waals surface area contributed by atoms with Gasteiger partial charge in [-0.25, -0.2) is 4.79 Å². The highest BCUT2D eigenvalue weighted by Gasteiger charge is 2.20. The number of anilines is 1. The van der Waals surface area contributed by atoms with Gasteiger partial charge in [0.1, 0.15) is 11.9 Å². The molecule has 0 aliphatic rings. The zero-order valence-corrected chi connectivity index (χ0v) is 11.8. The number of hydrogen-bond acceptors (Lipinski definition) is 4. The lowest BCUT2D eigenvalue weighted by atomic mass is 10.2. The number of H-pyrrole nitrogens is 1. The quantitative estimate of drug-likeness (QED) is 0.590. The molecule has 0 fully saturated rings. The Morgan fingerprint density at radius 1 is 1.58 bits per heavy atom. The number of primary amides is 1. The first-order valence-corrected chi connectivity index (χ1v) is 7.35. The highest BCUT2D eigenvalue weighted by atomic mass is 32.2. The maximum absolute atomic E-state index is 12.1. The molecule has 3 amide bonds. The summed E-state index contributed by atoms with van der Waals surface area (Å²) in [6.45, 7) is 1.97. The number of nitrogens with two attached hydrogens (primary N) is 1. The fourth-order valence-electron chi connectivity index (χ4n) is 1.57. The van der Waals surface area contributed by atoms with Crippen molar-refractivity contribution in [1.29, 1.82) is 0 Å². The van der Waals surface area contributed by atoms with Gasteiger partial charge in [-0.05, 0) is 24.9 Å². The minimum Gasteiger partial charge on any atom is -0.352 e. The molecule has 0 aromatic carbocycles. The van der Waals surface area contributed by atoms with E-state index in [9.17, 15) is 9.59 Å². The molecule has 7 nitrogen and oxygen atoms in total. The molecule has 0 bridgehead atoms. The predicted octanol–water partition coefficient (Wildman–Crippen LogP) is 0.701. The topological polar surface area (TPSA) is 113 Å². The van der Waals surface area contributed by atoms with Crippen LogP contribution in [0.5, 0.6) is 0 Å². The van der Waals surface area contributed by atoms with Gasteiger partial charge in [0.25, 0.3) is 0 Å². The number of nitrogens with one attached hydrogen (secondary N) is 3. The molecule has 0 spiro atoms. The van der Waals surface area contributed by atoms with Crippen LogP contribution in [0.25, 0.3) is 0 Å². The molecule has 0 aliphatic heterocycles. The number of aryl methyl sites for hydroxylation is 1. The molecule has 1 aromatic rings. The largest absolute Gasteiger partial charge is 0.352 e. The van der Waals surface area contributed by atoms with E-state index in [1.54, 1.807) is 18.0 Å². The van der Waals surface area contributed by atoms with Crippen molar-refractivity contribution in [3.05, 3.63) is 11.8 Å². The zero-order chi connectivity index (χ0) is 14.3. The molecule has 1 atom stereocenters. The van der Waals surface area contributed by atoms with Crippen LogP contribution in [0.4, 0.5) is 10.6 Å². The van der Waals surface area contributed by atoms with E-state index in [1.165, 1.54) is 0 Å². The van der Waals surface area contributed by atoms with Crippen LogP contribution in [0, 0.1) is 0 Å². The van der Waals surface area contributed by atoms with Gasteiger partial charge in [0.2, 0.25) is 5.91 Å². The molecule has 8 heteroatoms. The number of nitrogens with zero attached hydrogens (tertiary/aromatic N) is 1. The van der Waals surface area contributed by atoms with E-state index >= 15 is 0 Å². The van der Waals surface area contributed by atoms with Crippen LogP contribution in [0.3, 0.4) is 0 Å². The first kappa shape index (κ1) is 15.4. The van der Waals surface area contributed by atoms with Crippen LogP contribution in [0.15, 0.2) is 6.20 Å². The number of hydrogen-bond donors (Lipinski definition) is 4. The molecule has 0 aliphatic carbocycles. The van der Waals surface area contributed by atoms with E-state index in [-0.39, 0.29) is 5.91 Å². The van der Waals surface area contributed by atoms with Crippen molar-refractivity contribution in [3.8, 4) is 0 Å². The lowest BCUT2D eigenvalue weighted by Gasteiger charge is -2.16. The normalized spacial score (nSPS) is 11.9. The summed E-state index contributed by atoms with van der Waals surface area (Å²) in [6.07, 6.45) is 4.87. The molecule has 5 N–H and O–H groups in total. The number of rotatable bonds is 7. The SMILES string of the molecule is CCc1cn[nH]c1NC(=O)C(CCSC)NC(N)=O. The summed E-state index contributed by atoms with van der Waals surface area (Å²) in [5.41, 5.74) is 5.99. The van der Waals surface area contributed by atoms with Crippen LogP contribution in [0.2, 0.25) is 0 Å². The number of thioether (sulfide) groups is 1. The number of aromatic amines is 1. The van der Waals surface area contributed by atoms with Gasteiger partial charge in [0, 0.05) is 5.56 Å². The predicted molar refractivity (Wildman–Crippen MR) is 76.1 cm³/mol. The average Bonchev–Trinajstić information content (AvgIpc) is 2.81. The third-order valence-corrected chi connectivity index (χ3v) is 3.23. The van der Waals surface area contributed by atoms with E-state index in [4.69, 9.17) is 5.73 Å². The highest BCUT2D eigenvalue weighted by molar-refractivity contribution is 7.98. The summed E-state index contributed by atoms with van der Waals surface area (Å²) in [5.74, 6) is 1.02. The molecule has 0 saturated heterocycles. The summed E-state index contributed by atoms with van der Waals surface area (Å²) >= 11 is 1.60. The Bertz CT molecular complexity index is 434. The van der Waals surface area contributed by atoms with Gasteiger partial charge in [0.15, 0.2) is 0 Å². The fraction of sp³-hybridized carbons (Fsp3) is 0.545. The van der Waals surface area contributed by atoms with Crippen LogP contribution in [0.1, 0.15) is 18.9 Å². The third-order valence-electron chi connectivity index (χ3n) is 2.59. The molecule has 106 valence electrons. The first-order chi connectivity index (χ1) is 9.08. The second-order valence-electron chi connectivity index (χ2n) is 3.96. The van der Waals surface area contributed by atoms with Crippen LogP contribution in [-0.2, 0) is 11.2 Å². The molecule has 19 heavy (non-hydrogen) atoms. The van der Waals surface area contributed by atoms with Crippen molar-refractivity contribution in [2.75, 3.05) is 17.3 Å². The van der Waals surface area contributed by atoms with Crippen LogP contribution >= 0.6 is 11.8 Å². The maximum atomic E-state index is 12.1.